The minimum Gasteiger partial charge on any atom is -0.497 e. The molecule has 1 heterocycles. The van der Waals surface area contributed by atoms with E-state index in [1.54, 1.807) is 7.11 Å². The third kappa shape index (κ3) is 4.50. The van der Waals surface area contributed by atoms with Gasteiger partial charge < -0.3 is 10.1 Å². The summed E-state index contributed by atoms with van der Waals surface area (Å²) in [6.07, 6.45) is 0.880. The Bertz CT molecular complexity index is 695. The number of carbonyl (C=O) groups excluding carboxylic acids is 1. The van der Waals surface area contributed by atoms with Gasteiger partial charge in [-0.2, -0.15) is 0 Å². The second-order valence-corrected chi connectivity index (χ2v) is 7.08. The largest absolute Gasteiger partial charge is 0.497 e. The van der Waals surface area contributed by atoms with Crippen LogP contribution in [0.1, 0.15) is 33.0 Å². The summed E-state index contributed by atoms with van der Waals surface area (Å²) in [5.41, 5.74) is 0.743. The Balaban J connectivity index is 2.11. The van der Waals surface area contributed by atoms with Crippen molar-refractivity contribution >= 4 is 17.7 Å². The summed E-state index contributed by atoms with van der Waals surface area (Å²) in [5.74, 6) is 1.86. The molecular formula is C17H24N4O2S. The first-order chi connectivity index (χ1) is 11.4. The Morgan fingerprint density at radius 2 is 1.96 bits per heavy atom. The smallest absolute Gasteiger partial charge is 0.230 e. The third-order valence-electron chi connectivity index (χ3n) is 3.82. The molecule has 7 heteroatoms. The number of thioether (sulfide) groups is 1. The lowest BCUT2D eigenvalue weighted by molar-refractivity contribution is -0.120. The van der Waals surface area contributed by atoms with Crippen LogP contribution in [-0.2, 0) is 4.79 Å². The van der Waals surface area contributed by atoms with Gasteiger partial charge in [-0.25, -0.2) is 0 Å². The molecule has 130 valence electrons. The van der Waals surface area contributed by atoms with Crippen molar-refractivity contribution in [3.63, 3.8) is 0 Å². The van der Waals surface area contributed by atoms with E-state index in [0.717, 1.165) is 23.7 Å². The van der Waals surface area contributed by atoms with E-state index in [2.05, 4.69) is 22.4 Å². The zero-order chi connectivity index (χ0) is 17.7. The van der Waals surface area contributed by atoms with Gasteiger partial charge in [-0.05, 0) is 51.5 Å². The van der Waals surface area contributed by atoms with Crippen molar-refractivity contribution in [2.75, 3.05) is 12.9 Å². The van der Waals surface area contributed by atoms with Gasteiger partial charge in [-0.1, -0.05) is 18.7 Å². The normalized spacial score (nSPS) is 11.4. The molecule has 1 aromatic heterocycles. The quantitative estimate of drug-likeness (QED) is 0.779. The van der Waals surface area contributed by atoms with Crippen LogP contribution in [0.25, 0.3) is 5.69 Å². The zero-order valence-electron chi connectivity index (χ0n) is 14.8. The molecule has 0 radical (unpaired) electrons. The summed E-state index contributed by atoms with van der Waals surface area (Å²) >= 11 is 1.38. The van der Waals surface area contributed by atoms with Crippen LogP contribution in [0, 0.1) is 6.92 Å². The topological polar surface area (TPSA) is 69.0 Å². The van der Waals surface area contributed by atoms with Crippen molar-refractivity contribution in [3.05, 3.63) is 30.1 Å². The van der Waals surface area contributed by atoms with E-state index >= 15 is 0 Å². The summed E-state index contributed by atoms with van der Waals surface area (Å²) in [6, 6.07) is 7.67. The van der Waals surface area contributed by atoms with E-state index in [4.69, 9.17) is 4.74 Å². The van der Waals surface area contributed by atoms with Gasteiger partial charge in [0.15, 0.2) is 5.16 Å². The van der Waals surface area contributed by atoms with E-state index in [-0.39, 0.29) is 11.4 Å². The molecule has 0 aliphatic rings. The average molecular weight is 348 g/mol. The fraction of sp³-hybridized carbons (Fsp3) is 0.471. The maximum Gasteiger partial charge on any atom is 0.230 e. The second kappa shape index (κ2) is 7.70. The summed E-state index contributed by atoms with van der Waals surface area (Å²) in [7, 11) is 1.64. The van der Waals surface area contributed by atoms with Crippen molar-refractivity contribution in [1.82, 2.24) is 20.1 Å². The summed E-state index contributed by atoms with van der Waals surface area (Å²) in [4.78, 5) is 12.1. The van der Waals surface area contributed by atoms with E-state index in [1.807, 2.05) is 49.6 Å². The van der Waals surface area contributed by atoms with Gasteiger partial charge in [0.25, 0.3) is 0 Å². The molecule has 0 saturated carbocycles. The van der Waals surface area contributed by atoms with Crippen LogP contribution >= 0.6 is 11.8 Å². The highest BCUT2D eigenvalue weighted by Crippen LogP contribution is 2.23. The summed E-state index contributed by atoms with van der Waals surface area (Å²) < 4.78 is 7.12. The Morgan fingerprint density at radius 3 is 2.54 bits per heavy atom. The Kier molecular flexibility index (Phi) is 5.88. The standard InChI is InChI=1S/C17H24N4O2S/c1-6-17(3,4)18-15(22)11-24-16-20-19-12(2)21(16)13-7-9-14(23-5)10-8-13/h7-10H,6,11H2,1-5H3,(H,18,22). The minimum atomic E-state index is -0.197. The van der Waals surface area contributed by atoms with Gasteiger partial charge in [0.2, 0.25) is 5.91 Å². The fourth-order valence-electron chi connectivity index (χ4n) is 2.10. The van der Waals surface area contributed by atoms with E-state index < -0.39 is 0 Å². The molecule has 1 aromatic carbocycles. The molecule has 0 spiro atoms. The van der Waals surface area contributed by atoms with Crippen LogP contribution in [0.3, 0.4) is 0 Å². The number of amides is 1. The first-order valence-corrected chi connectivity index (χ1v) is 8.85. The third-order valence-corrected chi connectivity index (χ3v) is 4.75. The van der Waals surface area contributed by atoms with E-state index in [0.29, 0.717) is 10.9 Å². The number of aryl methyl sites for hydroxylation is 1. The Morgan fingerprint density at radius 1 is 1.29 bits per heavy atom. The fourth-order valence-corrected chi connectivity index (χ4v) is 2.89. The van der Waals surface area contributed by atoms with Crippen LogP contribution in [-0.4, -0.2) is 39.1 Å². The van der Waals surface area contributed by atoms with Gasteiger partial charge in [-0.3, -0.25) is 9.36 Å². The molecule has 24 heavy (non-hydrogen) atoms. The number of aromatic nitrogens is 3. The first-order valence-electron chi connectivity index (χ1n) is 7.86. The van der Waals surface area contributed by atoms with Crippen LogP contribution < -0.4 is 10.1 Å². The molecule has 0 aliphatic carbocycles. The van der Waals surface area contributed by atoms with Gasteiger partial charge >= 0.3 is 0 Å². The average Bonchev–Trinajstić information content (AvgIpc) is 2.93. The number of methoxy groups -OCH3 is 1. The highest BCUT2D eigenvalue weighted by atomic mass is 32.2. The van der Waals surface area contributed by atoms with E-state index in [9.17, 15) is 4.79 Å². The predicted molar refractivity (Wildman–Crippen MR) is 95.9 cm³/mol. The van der Waals surface area contributed by atoms with Gasteiger partial charge in [0.05, 0.1) is 12.9 Å². The molecule has 0 unspecified atom stereocenters. The van der Waals surface area contributed by atoms with Crippen molar-refractivity contribution in [1.29, 1.82) is 0 Å². The van der Waals surface area contributed by atoms with Crippen molar-refractivity contribution in [3.8, 4) is 11.4 Å². The maximum atomic E-state index is 12.1. The van der Waals surface area contributed by atoms with Crippen molar-refractivity contribution in [2.24, 2.45) is 0 Å². The summed E-state index contributed by atoms with van der Waals surface area (Å²) in [5, 5.41) is 12.0. The van der Waals surface area contributed by atoms with Gasteiger partial charge in [0.1, 0.15) is 11.6 Å². The van der Waals surface area contributed by atoms with Crippen LogP contribution in [0.4, 0.5) is 0 Å². The van der Waals surface area contributed by atoms with Crippen molar-refractivity contribution < 1.29 is 9.53 Å². The number of carbonyl (C=O) groups is 1. The molecule has 0 atom stereocenters. The molecular weight excluding hydrogens is 324 g/mol. The van der Waals surface area contributed by atoms with Gasteiger partial charge in [-0.15, -0.1) is 10.2 Å². The second-order valence-electron chi connectivity index (χ2n) is 6.14. The Hall–Kier alpha value is -2.02. The summed E-state index contributed by atoms with van der Waals surface area (Å²) in [6.45, 7) is 7.97. The first kappa shape index (κ1) is 18.3. The SMILES string of the molecule is CCC(C)(C)NC(=O)CSc1nnc(C)n1-c1ccc(OC)cc1. The number of nitrogens with one attached hydrogen (secondary N) is 1. The maximum absolute atomic E-state index is 12.1. The molecule has 2 rings (SSSR count). The lowest BCUT2D eigenvalue weighted by Crippen LogP contribution is -2.43. The molecule has 0 saturated heterocycles. The van der Waals surface area contributed by atoms with Crippen molar-refractivity contribution in [2.45, 2.75) is 44.8 Å². The lowest BCUT2D eigenvalue weighted by atomic mass is 10.0. The lowest BCUT2D eigenvalue weighted by Gasteiger charge is -2.24. The van der Waals surface area contributed by atoms with Gasteiger partial charge in [0, 0.05) is 11.2 Å². The highest BCUT2D eigenvalue weighted by molar-refractivity contribution is 7.99. The highest BCUT2D eigenvalue weighted by Gasteiger charge is 2.19. The van der Waals surface area contributed by atoms with Crippen LogP contribution in [0.15, 0.2) is 29.4 Å². The number of hydrogen-bond acceptors (Lipinski definition) is 5. The number of ether oxygens (including phenoxy) is 1. The molecule has 2 aromatic rings. The Labute approximate surface area is 147 Å². The monoisotopic (exact) mass is 348 g/mol. The number of nitrogens with zero attached hydrogens (tertiary/aromatic N) is 3. The van der Waals surface area contributed by atoms with Crippen LogP contribution in [0.2, 0.25) is 0 Å². The molecule has 0 aliphatic heterocycles. The molecule has 1 N–H and O–H groups in total. The van der Waals surface area contributed by atoms with E-state index in [1.165, 1.54) is 11.8 Å². The predicted octanol–water partition coefficient (Wildman–Crippen LogP) is 2.98. The molecule has 0 bridgehead atoms. The molecule has 0 fully saturated rings. The number of benzene rings is 1. The molecule has 1 amide bonds. The van der Waals surface area contributed by atoms with Crippen LogP contribution in [0.5, 0.6) is 5.75 Å². The molecule has 6 nitrogen and oxygen atoms in total. The minimum absolute atomic E-state index is 0.00576. The number of hydrogen-bond donors (Lipinski definition) is 1. The number of rotatable bonds is 7. The zero-order valence-corrected chi connectivity index (χ0v) is 15.6.